The third-order valence-corrected chi connectivity index (χ3v) is 6.73. The lowest BCUT2D eigenvalue weighted by atomic mass is 9.93. The van der Waals surface area contributed by atoms with E-state index < -0.39 is 15.9 Å². The van der Waals surface area contributed by atoms with Gasteiger partial charge < -0.3 is 15.4 Å². The van der Waals surface area contributed by atoms with Crippen LogP contribution in [-0.2, 0) is 9.84 Å². The van der Waals surface area contributed by atoms with Crippen molar-refractivity contribution in [3.05, 3.63) is 59.7 Å². The molecule has 2 unspecified atom stereocenters. The van der Waals surface area contributed by atoms with Gasteiger partial charge in [-0.1, -0.05) is 36.4 Å². The highest BCUT2D eigenvalue weighted by atomic mass is 32.2. The molecule has 136 valence electrons. The van der Waals surface area contributed by atoms with E-state index in [1.165, 1.54) is 0 Å². The Labute approximate surface area is 152 Å². The molecule has 2 aliphatic heterocycles. The molecule has 4 rings (SSSR count). The van der Waals surface area contributed by atoms with Crippen LogP contribution in [0.15, 0.2) is 53.4 Å². The Morgan fingerprint density at radius 3 is 2.65 bits per heavy atom. The van der Waals surface area contributed by atoms with E-state index in [1.54, 1.807) is 24.3 Å². The van der Waals surface area contributed by atoms with Crippen LogP contribution in [0.4, 0.5) is 4.79 Å². The lowest BCUT2D eigenvalue weighted by Crippen LogP contribution is -2.40. The summed E-state index contributed by atoms with van der Waals surface area (Å²) in [6, 6.07) is 13.8. The maximum absolute atomic E-state index is 12.3. The third kappa shape index (κ3) is 3.14. The van der Waals surface area contributed by atoms with E-state index in [1.807, 2.05) is 24.3 Å². The predicted octanol–water partition coefficient (Wildman–Crippen LogP) is 2.38. The zero-order valence-electron chi connectivity index (χ0n) is 14.1. The summed E-state index contributed by atoms with van der Waals surface area (Å²) in [4.78, 5) is 12.6. The lowest BCUT2D eigenvalue weighted by molar-refractivity contribution is 0.233. The predicted molar refractivity (Wildman–Crippen MR) is 97.1 cm³/mol. The minimum atomic E-state index is -3.33. The van der Waals surface area contributed by atoms with E-state index in [0.29, 0.717) is 23.6 Å². The van der Waals surface area contributed by atoms with Crippen molar-refractivity contribution in [3.8, 4) is 5.75 Å². The van der Waals surface area contributed by atoms with E-state index in [0.717, 1.165) is 17.7 Å². The molecular weight excluding hydrogens is 352 g/mol. The van der Waals surface area contributed by atoms with Crippen molar-refractivity contribution in [1.29, 1.82) is 0 Å². The molecule has 6 nitrogen and oxygen atoms in total. The summed E-state index contributed by atoms with van der Waals surface area (Å²) in [6.07, 6.45) is 0.831. The minimum absolute atomic E-state index is 0.0974. The van der Waals surface area contributed by atoms with Gasteiger partial charge in [-0.25, -0.2) is 13.2 Å². The monoisotopic (exact) mass is 372 g/mol. The summed E-state index contributed by atoms with van der Waals surface area (Å²) >= 11 is 0. The van der Waals surface area contributed by atoms with Gasteiger partial charge in [0.05, 0.1) is 23.3 Å². The Kier molecular flexibility index (Phi) is 4.32. The minimum Gasteiger partial charge on any atom is -0.493 e. The fourth-order valence-electron chi connectivity index (χ4n) is 3.62. The molecule has 0 saturated carbocycles. The molecule has 2 aromatic carbocycles. The summed E-state index contributed by atoms with van der Waals surface area (Å²) in [6.45, 7) is 1.10. The number of amides is 2. The molecule has 2 amide bonds. The second kappa shape index (κ2) is 6.64. The van der Waals surface area contributed by atoms with Gasteiger partial charge in [0.15, 0.2) is 9.84 Å². The number of fused-ring (bicyclic) bond motifs is 2. The van der Waals surface area contributed by atoms with Gasteiger partial charge in [-0.05, 0) is 29.7 Å². The molecule has 0 spiro atoms. The summed E-state index contributed by atoms with van der Waals surface area (Å²) in [5, 5.41) is 5.67. The van der Waals surface area contributed by atoms with Crippen molar-refractivity contribution in [2.45, 2.75) is 23.3 Å². The van der Waals surface area contributed by atoms with Gasteiger partial charge >= 0.3 is 6.03 Å². The SMILES string of the molecule is O=C(NCC1CCOc2ccccc21)NC1CS(=O)(=O)c2ccccc21. The van der Waals surface area contributed by atoms with Crippen molar-refractivity contribution >= 4 is 15.9 Å². The summed E-state index contributed by atoms with van der Waals surface area (Å²) in [5.41, 5.74) is 1.74. The molecular formula is C19H20N2O4S. The number of carbonyl (C=O) groups is 1. The molecule has 7 heteroatoms. The van der Waals surface area contributed by atoms with Crippen molar-refractivity contribution in [3.63, 3.8) is 0 Å². The Bertz CT molecular complexity index is 942. The zero-order chi connectivity index (χ0) is 18.1. The first-order valence-electron chi connectivity index (χ1n) is 8.62. The van der Waals surface area contributed by atoms with E-state index in [4.69, 9.17) is 4.74 Å². The Morgan fingerprint density at radius 2 is 1.81 bits per heavy atom. The number of carbonyl (C=O) groups excluding carboxylic acids is 1. The van der Waals surface area contributed by atoms with Crippen molar-refractivity contribution in [2.75, 3.05) is 18.9 Å². The molecule has 0 saturated heterocycles. The number of hydrogen-bond acceptors (Lipinski definition) is 4. The zero-order valence-corrected chi connectivity index (χ0v) is 15.0. The van der Waals surface area contributed by atoms with Crippen LogP contribution in [0.1, 0.15) is 29.5 Å². The van der Waals surface area contributed by atoms with Crippen LogP contribution in [0.25, 0.3) is 0 Å². The second-order valence-corrected chi connectivity index (χ2v) is 8.60. The van der Waals surface area contributed by atoms with E-state index in [9.17, 15) is 13.2 Å². The van der Waals surface area contributed by atoms with Crippen LogP contribution in [0.3, 0.4) is 0 Å². The molecule has 2 heterocycles. The van der Waals surface area contributed by atoms with Gasteiger partial charge in [-0.2, -0.15) is 0 Å². The molecule has 0 aromatic heterocycles. The number of benzene rings is 2. The number of hydrogen-bond donors (Lipinski definition) is 2. The summed E-state index contributed by atoms with van der Waals surface area (Å²) in [7, 11) is -3.33. The smallest absolute Gasteiger partial charge is 0.315 e. The van der Waals surface area contributed by atoms with Crippen molar-refractivity contribution < 1.29 is 17.9 Å². The Hall–Kier alpha value is -2.54. The Balaban J connectivity index is 1.40. The Morgan fingerprint density at radius 1 is 1.08 bits per heavy atom. The third-order valence-electron chi connectivity index (χ3n) is 4.91. The topological polar surface area (TPSA) is 84.5 Å². The maximum Gasteiger partial charge on any atom is 0.315 e. The van der Waals surface area contributed by atoms with Crippen LogP contribution in [0.5, 0.6) is 5.75 Å². The quantitative estimate of drug-likeness (QED) is 0.866. The van der Waals surface area contributed by atoms with Gasteiger partial charge in [0.2, 0.25) is 0 Å². The average molecular weight is 372 g/mol. The van der Waals surface area contributed by atoms with Crippen LogP contribution in [0, 0.1) is 0 Å². The van der Waals surface area contributed by atoms with Crippen molar-refractivity contribution in [1.82, 2.24) is 10.6 Å². The maximum atomic E-state index is 12.3. The molecule has 2 N–H and O–H groups in total. The first-order chi connectivity index (χ1) is 12.5. The van der Waals surface area contributed by atoms with Crippen LogP contribution >= 0.6 is 0 Å². The highest BCUT2D eigenvalue weighted by Gasteiger charge is 2.35. The van der Waals surface area contributed by atoms with E-state index >= 15 is 0 Å². The first kappa shape index (κ1) is 16.9. The average Bonchev–Trinajstić information content (AvgIpc) is 2.90. The molecule has 2 aromatic rings. The number of ether oxygens (including phenoxy) is 1. The van der Waals surface area contributed by atoms with Gasteiger partial charge in [0, 0.05) is 12.5 Å². The molecule has 0 fully saturated rings. The highest BCUT2D eigenvalue weighted by molar-refractivity contribution is 7.91. The highest BCUT2D eigenvalue weighted by Crippen LogP contribution is 2.34. The van der Waals surface area contributed by atoms with Gasteiger partial charge in [-0.3, -0.25) is 0 Å². The summed E-state index contributed by atoms with van der Waals surface area (Å²) in [5.74, 6) is 0.951. The number of urea groups is 1. The molecule has 0 aliphatic carbocycles. The first-order valence-corrected chi connectivity index (χ1v) is 10.3. The normalized spacial score (nSPS) is 22.6. The number of sulfone groups is 1. The lowest BCUT2D eigenvalue weighted by Gasteiger charge is -2.26. The van der Waals surface area contributed by atoms with Gasteiger partial charge in [-0.15, -0.1) is 0 Å². The van der Waals surface area contributed by atoms with Crippen LogP contribution < -0.4 is 15.4 Å². The van der Waals surface area contributed by atoms with Gasteiger partial charge in [0.1, 0.15) is 5.75 Å². The second-order valence-electron chi connectivity index (χ2n) is 6.60. The molecule has 2 atom stereocenters. The largest absolute Gasteiger partial charge is 0.493 e. The van der Waals surface area contributed by atoms with E-state index in [2.05, 4.69) is 10.6 Å². The number of rotatable bonds is 3. The molecule has 0 bridgehead atoms. The summed E-state index contributed by atoms with van der Waals surface area (Å²) < 4.78 is 30.0. The molecule has 0 radical (unpaired) electrons. The van der Waals surface area contributed by atoms with Crippen LogP contribution in [0.2, 0.25) is 0 Å². The number of para-hydroxylation sites is 1. The standard InChI is InChI=1S/C19H20N2O4S/c22-19(20-11-13-9-10-25-17-7-3-1-5-14(13)17)21-16-12-26(23,24)18-8-4-2-6-15(16)18/h1-8,13,16H,9-12H2,(H2,20,21,22). The molecule has 26 heavy (non-hydrogen) atoms. The fourth-order valence-corrected chi connectivity index (χ4v) is 5.36. The van der Waals surface area contributed by atoms with Gasteiger partial charge in [0.25, 0.3) is 0 Å². The molecule has 2 aliphatic rings. The van der Waals surface area contributed by atoms with Crippen molar-refractivity contribution in [2.24, 2.45) is 0 Å². The fraction of sp³-hybridized carbons (Fsp3) is 0.316. The van der Waals surface area contributed by atoms with E-state index in [-0.39, 0.29) is 17.7 Å². The van der Waals surface area contributed by atoms with Crippen LogP contribution in [-0.4, -0.2) is 33.4 Å². The number of nitrogens with one attached hydrogen (secondary N) is 2.